The molecule has 0 unspecified atom stereocenters. The molecular weight excluding hydrogens is 242 g/mol. The van der Waals surface area contributed by atoms with Gasteiger partial charge in [-0.15, -0.1) is 0 Å². The van der Waals surface area contributed by atoms with Crippen molar-refractivity contribution >= 4 is 0 Å². The Kier molecular flexibility index (Phi) is 6.12. The lowest BCUT2D eigenvalue weighted by molar-refractivity contribution is 0.402. The highest BCUT2D eigenvalue weighted by Gasteiger charge is 2.31. The van der Waals surface area contributed by atoms with Gasteiger partial charge in [0.15, 0.2) is 0 Å². The number of nitrogens with zero attached hydrogens (tertiary/aromatic N) is 1. The molecule has 0 amide bonds. The lowest BCUT2D eigenvalue weighted by Gasteiger charge is -2.28. The quantitative estimate of drug-likeness (QED) is 0.636. The topological polar surface area (TPSA) is 23.8 Å². The van der Waals surface area contributed by atoms with Gasteiger partial charge in [0.1, 0.15) is 0 Å². The molecule has 1 aromatic carbocycles. The Balaban J connectivity index is 2.11. The number of nitriles is 1. The zero-order chi connectivity index (χ0) is 14.1. The first kappa shape index (κ1) is 15.1. The molecular formula is C19H27N. The van der Waals surface area contributed by atoms with Gasteiger partial charge in [0.05, 0.1) is 11.5 Å². The fraction of sp³-hybridized carbons (Fsp3) is 0.632. The maximum atomic E-state index is 9.85. The second-order valence-electron chi connectivity index (χ2n) is 6.24. The summed E-state index contributed by atoms with van der Waals surface area (Å²) in [6.07, 6.45) is 13.9. The first-order chi connectivity index (χ1) is 9.87. The molecule has 0 spiro atoms. The summed E-state index contributed by atoms with van der Waals surface area (Å²) in [4.78, 5) is 0. The molecule has 1 aliphatic carbocycles. The smallest absolute Gasteiger partial charge is 0.0822 e. The number of hydrogen-bond donors (Lipinski definition) is 0. The van der Waals surface area contributed by atoms with Gasteiger partial charge in [0.25, 0.3) is 0 Å². The van der Waals surface area contributed by atoms with Crippen LogP contribution >= 0.6 is 0 Å². The Hall–Kier alpha value is -1.29. The van der Waals surface area contributed by atoms with E-state index >= 15 is 0 Å². The van der Waals surface area contributed by atoms with Crippen LogP contribution in [0.3, 0.4) is 0 Å². The van der Waals surface area contributed by atoms with E-state index in [1.54, 1.807) is 0 Å². The summed E-state index contributed by atoms with van der Waals surface area (Å²) >= 11 is 0. The molecule has 0 atom stereocenters. The van der Waals surface area contributed by atoms with E-state index in [4.69, 9.17) is 0 Å². The van der Waals surface area contributed by atoms with Gasteiger partial charge < -0.3 is 0 Å². The molecule has 0 N–H and O–H groups in total. The van der Waals surface area contributed by atoms with Crippen molar-refractivity contribution in [2.75, 3.05) is 0 Å². The summed E-state index contributed by atoms with van der Waals surface area (Å²) in [5.74, 6) is 0. The van der Waals surface area contributed by atoms with Gasteiger partial charge in [0.2, 0.25) is 0 Å². The number of benzene rings is 1. The average Bonchev–Trinajstić information content (AvgIpc) is 2.49. The van der Waals surface area contributed by atoms with Gasteiger partial charge in [0, 0.05) is 0 Å². The SMILES string of the molecule is N#CC1(c2ccccc2)CCCCCCCCCCC1. The monoisotopic (exact) mass is 269 g/mol. The third kappa shape index (κ3) is 4.10. The molecule has 108 valence electrons. The van der Waals surface area contributed by atoms with Crippen LogP contribution in [0.5, 0.6) is 0 Å². The molecule has 2 rings (SSSR count). The van der Waals surface area contributed by atoms with E-state index < -0.39 is 0 Å². The van der Waals surface area contributed by atoms with Gasteiger partial charge in [-0.1, -0.05) is 88.1 Å². The first-order valence-electron chi connectivity index (χ1n) is 8.34. The predicted octanol–water partition coefficient (Wildman–Crippen LogP) is 5.75. The predicted molar refractivity (Wildman–Crippen MR) is 84.5 cm³/mol. The maximum absolute atomic E-state index is 9.85. The minimum absolute atomic E-state index is 0.236. The summed E-state index contributed by atoms with van der Waals surface area (Å²) in [6, 6.07) is 13.2. The van der Waals surface area contributed by atoms with Gasteiger partial charge in [-0.05, 0) is 18.4 Å². The average molecular weight is 269 g/mol. The van der Waals surface area contributed by atoms with E-state index in [9.17, 15) is 5.26 Å². The molecule has 0 aromatic heterocycles. The second-order valence-corrected chi connectivity index (χ2v) is 6.24. The molecule has 0 aliphatic heterocycles. The summed E-state index contributed by atoms with van der Waals surface area (Å²) in [7, 11) is 0. The van der Waals surface area contributed by atoms with Gasteiger partial charge in [-0.25, -0.2) is 0 Å². The molecule has 1 saturated carbocycles. The molecule has 0 radical (unpaired) electrons. The molecule has 1 aliphatic rings. The standard InChI is InChI=1S/C19H27N/c20-17-19(18-13-9-8-10-14-18)15-11-6-4-2-1-3-5-7-12-16-19/h8-10,13-14H,1-7,11-12,15-16H2. The number of rotatable bonds is 1. The summed E-state index contributed by atoms with van der Waals surface area (Å²) in [6.45, 7) is 0. The van der Waals surface area contributed by atoms with E-state index in [-0.39, 0.29) is 5.41 Å². The van der Waals surface area contributed by atoms with Crippen molar-refractivity contribution < 1.29 is 0 Å². The van der Waals surface area contributed by atoms with Gasteiger partial charge in [-0.3, -0.25) is 0 Å². The Morgan fingerprint density at radius 1 is 0.700 bits per heavy atom. The molecule has 0 saturated heterocycles. The van der Waals surface area contributed by atoms with E-state index in [0.29, 0.717) is 0 Å². The highest BCUT2D eigenvalue weighted by Crippen LogP contribution is 2.35. The molecule has 1 aromatic rings. The lowest BCUT2D eigenvalue weighted by Crippen LogP contribution is -2.24. The third-order valence-electron chi connectivity index (χ3n) is 4.75. The van der Waals surface area contributed by atoms with E-state index in [0.717, 1.165) is 12.8 Å². The maximum Gasteiger partial charge on any atom is 0.0822 e. The van der Waals surface area contributed by atoms with Crippen LogP contribution in [0.25, 0.3) is 0 Å². The highest BCUT2D eigenvalue weighted by molar-refractivity contribution is 5.32. The molecule has 0 heterocycles. The van der Waals surface area contributed by atoms with E-state index in [1.165, 1.54) is 63.4 Å². The van der Waals surface area contributed by atoms with Crippen molar-refractivity contribution in [1.29, 1.82) is 5.26 Å². The van der Waals surface area contributed by atoms with Crippen molar-refractivity contribution in [1.82, 2.24) is 0 Å². The van der Waals surface area contributed by atoms with Crippen molar-refractivity contribution in [3.8, 4) is 6.07 Å². The van der Waals surface area contributed by atoms with Crippen LogP contribution in [0, 0.1) is 11.3 Å². The van der Waals surface area contributed by atoms with Gasteiger partial charge in [-0.2, -0.15) is 5.26 Å². The summed E-state index contributed by atoms with van der Waals surface area (Å²) in [5, 5.41) is 9.85. The van der Waals surface area contributed by atoms with Crippen LogP contribution in [-0.2, 0) is 5.41 Å². The van der Waals surface area contributed by atoms with Crippen LogP contribution in [0.4, 0.5) is 0 Å². The van der Waals surface area contributed by atoms with Gasteiger partial charge >= 0.3 is 0 Å². The first-order valence-corrected chi connectivity index (χ1v) is 8.34. The Morgan fingerprint density at radius 3 is 1.60 bits per heavy atom. The van der Waals surface area contributed by atoms with Crippen molar-refractivity contribution in [2.45, 2.75) is 76.0 Å². The fourth-order valence-corrected chi connectivity index (χ4v) is 3.44. The minimum Gasteiger partial charge on any atom is -0.197 e. The zero-order valence-corrected chi connectivity index (χ0v) is 12.6. The molecule has 1 heteroatoms. The Labute approximate surface area is 124 Å². The highest BCUT2D eigenvalue weighted by atomic mass is 14.4. The molecule has 20 heavy (non-hydrogen) atoms. The lowest BCUT2D eigenvalue weighted by atomic mass is 9.73. The Morgan fingerprint density at radius 2 is 1.15 bits per heavy atom. The van der Waals surface area contributed by atoms with E-state index in [1.807, 2.05) is 6.07 Å². The van der Waals surface area contributed by atoms with Crippen LogP contribution in [0.15, 0.2) is 30.3 Å². The second kappa shape index (κ2) is 8.10. The fourth-order valence-electron chi connectivity index (χ4n) is 3.44. The Bertz CT molecular complexity index is 403. The number of hydrogen-bond acceptors (Lipinski definition) is 1. The molecule has 0 bridgehead atoms. The van der Waals surface area contributed by atoms with Crippen LogP contribution < -0.4 is 0 Å². The summed E-state index contributed by atoms with van der Waals surface area (Å²) < 4.78 is 0. The summed E-state index contributed by atoms with van der Waals surface area (Å²) in [5.41, 5.74) is 1.00. The molecule has 1 nitrogen and oxygen atoms in total. The molecule has 1 fully saturated rings. The van der Waals surface area contributed by atoms with Crippen LogP contribution in [-0.4, -0.2) is 0 Å². The third-order valence-corrected chi connectivity index (χ3v) is 4.75. The van der Waals surface area contributed by atoms with Crippen LogP contribution in [0.2, 0.25) is 0 Å². The van der Waals surface area contributed by atoms with Crippen molar-refractivity contribution in [2.24, 2.45) is 0 Å². The van der Waals surface area contributed by atoms with E-state index in [2.05, 4.69) is 30.3 Å². The van der Waals surface area contributed by atoms with Crippen LogP contribution in [0.1, 0.15) is 76.2 Å². The van der Waals surface area contributed by atoms with Crippen molar-refractivity contribution in [3.05, 3.63) is 35.9 Å². The minimum atomic E-state index is -0.236. The zero-order valence-electron chi connectivity index (χ0n) is 12.6. The largest absolute Gasteiger partial charge is 0.197 e. The van der Waals surface area contributed by atoms with Crippen molar-refractivity contribution in [3.63, 3.8) is 0 Å². The normalized spacial score (nSPS) is 21.1.